The Kier molecular flexibility index (Phi) is 5.09. The minimum atomic E-state index is -0.914. The van der Waals surface area contributed by atoms with Gasteiger partial charge in [-0.2, -0.15) is 0 Å². The summed E-state index contributed by atoms with van der Waals surface area (Å²) < 4.78 is 0. The van der Waals surface area contributed by atoms with Gasteiger partial charge in [0, 0.05) is 13.1 Å². The van der Waals surface area contributed by atoms with Crippen LogP contribution in [0, 0.1) is 5.92 Å². The van der Waals surface area contributed by atoms with Crippen LogP contribution in [0.1, 0.15) is 36.7 Å². The van der Waals surface area contributed by atoms with Crippen molar-refractivity contribution in [3.05, 3.63) is 35.4 Å². The highest BCUT2D eigenvalue weighted by atomic mass is 16.4. The van der Waals surface area contributed by atoms with Crippen LogP contribution in [0.3, 0.4) is 0 Å². The largest absolute Gasteiger partial charge is 0.478 e. The lowest BCUT2D eigenvalue weighted by Crippen LogP contribution is -2.42. The number of carbonyl (C=O) groups is 1. The summed E-state index contributed by atoms with van der Waals surface area (Å²) in [6.45, 7) is 7.08. The summed E-state index contributed by atoms with van der Waals surface area (Å²) in [6, 6.07) is 6.83. The van der Waals surface area contributed by atoms with Crippen molar-refractivity contribution in [2.24, 2.45) is 5.92 Å². The Bertz CT molecular complexity index is 424. The first-order valence-corrected chi connectivity index (χ1v) is 6.45. The first-order valence-electron chi connectivity index (χ1n) is 6.45. The van der Waals surface area contributed by atoms with Gasteiger partial charge in [0.05, 0.1) is 11.2 Å². The van der Waals surface area contributed by atoms with Crippen LogP contribution in [0.5, 0.6) is 0 Å². The second-order valence-corrected chi connectivity index (χ2v) is 5.69. The topological polar surface area (TPSA) is 60.8 Å². The Labute approximate surface area is 114 Å². The summed E-state index contributed by atoms with van der Waals surface area (Å²) in [5.74, 6) is -0.730. The normalized spacial score (nSPS) is 14.7. The van der Waals surface area contributed by atoms with E-state index in [1.807, 2.05) is 44.9 Å². The fraction of sp³-hybridized carbons (Fsp3) is 0.533. The fourth-order valence-corrected chi connectivity index (χ4v) is 1.85. The molecule has 0 spiro atoms. The predicted octanol–water partition coefficient (Wildman–Crippen LogP) is 2.22. The van der Waals surface area contributed by atoms with Crippen molar-refractivity contribution in [3.8, 4) is 0 Å². The van der Waals surface area contributed by atoms with E-state index in [2.05, 4.69) is 0 Å². The molecule has 19 heavy (non-hydrogen) atoms. The molecule has 1 rings (SSSR count). The lowest BCUT2D eigenvalue weighted by molar-refractivity contribution is -0.0146. The SMILES string of the molecule is CC(C)C(C)(O)CN(C)Cc1ccc(C(=O)O)cc1. The molecule has 2 N–H and O–H groups in total. The maximum Gasteiger partial charge on any atom is 0.335 e. The number of hydrogen-bond donors (Lipinski definition) is 2. The van der Waals surface area contributed by atoms with E-state index in [1.165, 1.54) is 0 Å². The third-order valence-corrected chi connectivity index (χ3v) is 3.49. The van der Waals surface area contributed by atoms with E-state index >= 15 is 0 Å². The average Bonchev–Trinajstić information content (AvgIpc) is 2.28. The number of nitrogens with zero attached hydrogens (tertiary/aromatic N) is 1. The van der Waals surface area contributed by atoms with E-state index in [0.717, 1.165) is 5.56 Å². The molecule has 1 atom stereocenters. The molecule has 0 aliphatic heterocycles. The number of carboxylic acid groups (broad SMARTS) is 1. The third-order valence-electron chi connectivity index (χ3n) is 3.49. The maximum atomic E-state index is 10.8. The van der Waals surface area contributed by atoms with E-state index in [0.29, 0.717) is 18.7 Å². The van der Waals surface area contributed by atoms with Crippen LogP contribution in [-0.2, 0) is 6.54 Å². The van der Waals surface area contributed by atoms with Crippen LogP contribution in [0.15, 0.2) is 24.3 Å². The number of benzene rings is 1. The molecule has 0 bridgehead atoms. The van der Waals surface area contributed by atoms with Crippen molar-refractivity contribution >= 4 is 5.97 Å². The first kappa shape index (κ1) is 15.7. The van der Waals surface area contributed by atoms with Crippen LogP contribution in [-0.4, -0.2) is 40.3 Å². The molecular formula is C15H23NO3. The van der Waals surface area contributed by atoms with E-state index in [9.17, 15) is 9.90 Å². The van der Waals surface area contributed by atoms with Crippen molar-refractivity contribution in [1.82, 2.24) is 4.90 Å². The molecule has 0 fully saturated rings. The van der Waals surface area contributed by atoms with Crippen molar-refractivity contribution in [2.75, 3.05) is 13.6 Å². The second-order valence-electron chi connectivity index (χ2n) is 5.69. The van der Waals surface area contributed by atoms with Crippen molar-refractivity contribution in [3.63, 3.8) is 0 Å². The summed E-state index contributed by atoms with van der Waals surface area (Å²) >= 11 is 0. The van der Waals surface area contributed by atoms with Gasteiger partial charge in [-0.25, -0.2) is 4.79 Å². The highest BCUT2D eigenvalue weighted by Crippen LogP contribution is 2.18. The molecule has 0 radical (unpaired) electrons. The van der Waals surface area contributed by atoms with Gasteiger partial charge in [0.2, 0.25) is 0 Å². The van der Waals surface area contributed by atoms with Gasteiger partial charge in [-0.1, -0.05) is 26.0 Å². The molecule has 1 unspecified atom stereocenters. The van der Waals surface area contributed by atoms with Crippen LogP contribution in [0.25, 0.3) is 0 Å². The van der Waals surface area contributed by atoms with Crippen LogP contribution < -0.4 is 0 Å². The molecule has 0 amide bonds. The van der Waals surface area contributed by atoms with Gasteiger partial charge in [0.25, 0.3) is 0 Å². The molecule has 1 aromatic rings. The molecular weight excluding hydrogens is 242 g/mol. The summed E-state index contributed by atoms with van der Waals surface area (Å²) in [5, 5.41) is 19.1. The Balaban J connectivity index is 2.62. The lowest BCUT2D eigenvalue weighted by atomic mass is 9.92. The molecule has 4 heteroatoms. The summed E-state index contributed by atoms with van der Waals surface area (Å²) in [5.41, 5.74) is 0.600. The summed E-state index contributed by atoms with van der Waals surface area (Å²) in [7, 11) is 1.95. The van der Waals surface area contributed by atoms with E-state index < -0.39 is 11.6 Å². The average molecular weight is 265 g/mol. The van der Waals surface area contributed by atoms with Gasteiger partial charge >= 0.3 is 5.97 Å². The smallest absolute Gasteiger partial charge is 0.335 e. The van der Waals surface area contributed by atoms with Gasteiger partial charge in [0.15, 0.2) is 0 Å². The van der Waals surface area contributed by atoms with E-state index in [1.54, 1.807) is 12.1 Å². The summed E-state index contributed by atoms with van der Waals surface area (Å²) in [6.07, 6.45) is 0. The lowest BCUT2D eigenvalue weighted by Gasteiger charge is -2.32. The quantitative estimate of drug-likeness (QED) is 0.828. The van der Waals surface area contributed by atoms with Gasteiger partial charge in [0.1, 0.15) is 0 Å². The number of aliphatic hydroxyl groups is 1. The monoisotopic (exact) mass is 265 g/mol. The Hall–Kier alpha value is -1.39. The molecule has 0 saturated heterocycles. The number of carboxylic acids is 1. The number of likely N-dealkylation sites (N-methyl/N-ethyl adjacent to an activating group) is 1. The molecule has 0 aliphatic rings. The summed E-state index contributed by atoms with van der Waals surface area (Å²) in [4.78, 5) is 12.8. The van der Waals surface area contributed by atoms with Crippen LogP contribution in [0.2, 0.25) is 0 Å². The highest BCUT2D eigenvalue weighted by molar-refractivity contribution is 5.87. The zero-order valence-electron chi connectivity index (χ0n) is 12.1. The third kappa shape index (κ3) is 4.65. The minimum absolute atomic E-state index is 0.185. The van der Waals surface area contributed by atoms with Crippen LogP contribution >= 0.6 is 0 Å². The number of hydrogen-bond acceptors (Lipinski definition) is 3. The standard InChI is InChI=1S/C15H23NO3/c1-11(2)15(3,19)10-16(4)9-12-5-7-13(8-6-12)14(17)18/h5-8,11,19H,9-10H2,1-4H3,(H,17,18). The van der Waals surface area contributed by atoms with Crippen molar-refractivity contribution in [2.45, 2.75) is 32.9 Å². The Morgan fingerprint density at radius 2 is 1.84 bits per heavy atom. The fourth-order valence-electron chi connectivity index (χ4n) is 1.85. The minimum Gasteiger partial charge on any atom is -0.478 e. The molecule has 1 aromatic carbocycles. The Morgan fingerprint density at radius 1 is 1.32 bits per heavy atom. The first-order chi connectivity index (χ1) is 8.72. The molecule has 0 heterocycles. The van der Waals surface area contributed by atoms with E-state index in [-0.39, 0.29) is 5.92 Å². The zero-order valence-corrected chi connectivity index (χ0v) is 12.1. The molecule has 4 nitrogen and oxygen atoms in total. The molecule has 0 saturated carbocycles. The van der Waals surface area contributed by atoms with Gasteiger partial charge in [-0.3, -0.25) is 4.90 Å². The maximum absolute atomic E-state index is 10.8. The molecule has 0 aliphatic carbocycles. The second kappa shape index (κ2) is 6.17. The van der Waals surface area contributed by atoms with Gasteiger partial charge in [-0.15, -0.1) is 0 Å². The highest BCUT2D eigenvalue weighted by Gasteiger charge is 2.26. The zero-order chi connectivity index (χ0) is 14.6. The number of aromatic carboxylic acids is 1. The van der Waals surface area contributed by atoms with Crippen molar-refractivity contribution in [1.29, 1.82) is 0 Å². The number of rotatable bonds is 6. The van der Waals surface area contributed by atoms with Crippen LogP contribution in [0.4, 0.5) is 0 Å². The van der Waals surface area contributed by atoms with Gasteiger partial charge < -0.3 is 10.2 Å². The molecule has 0 aromatic heterocycles. The van der Waals surface area contributed by atoms with Gasteiger partial charge in [-0.05, 0) is 37.6 Å². The van der Waals surface area contributed by atoms with Crippen molar-refractivity contribution < 1.29 is 15.0 Å². The molecule has 106 valence electrons. The Morgan fingerprint density at radius 3 is 2.26 bits per heavy atom. The van der Waals surface area contributed by atoms with E-state index in [4.69, 9.17) is 5.11 Å². The predicted molar refractivity (Wildman–Crippen MR) is 75.2 cm³/mol.